The second-order valence-corrected chi connectivity index (χ2v) is 24.5. The maximum Gasteiger partial charge on any atom is 0.243 e. The number of hydrogen-bond acceptors (Lipinski definition) is 18. The lowest BCUT2D eigenvalue weighted by molar-refractivity contribution is -0.149. The van der Waals surface area contributed by atoms with Gasteiger partial charge in [-0.2, -0.15) is 0 Å². The molecule has 0 aliphatic carbocycles. The minimum atomic E-state index is -0.772. The molecule has 5 aromatic carbocycles. The third-order valence-corrected chi connectivity index (χ3v) is 16.5. The van der Waals surface area contributed by atoms with Crippen molar-refractivity contribution >= 4 is 53.2 Å². The van der Waals surface area contributed by atoms with E-state index in [1.54, 1.807) is 104 Å². The zero-order chi connectivity index (χ0) is 72.0. The van der Waals surface area contributed by atoms with E-state index in [9.17, 15) is 38.4 Å². The Morgan fingerprint density at radius 3 is 1.46 bits per heavy atom. The molecule has 0 bridgehead atoms. The van der Waals surface area contributed by atoms with E-state index < -0.39 is 112 Å². The fourth-order valence-corrected chi connectivity index (χ4v) is 11.1. The number of unbranched alkanes of at least 4 members (excludes halogenated alkanes) is 2. The number of nitrogens with one attached hydrogen (secondary N) is 1. The smallest absolute Gasteiger partial charge is 0.243 e. The van der Waals surface area contributed by atoms with Gasteiger partial charge in [0.25, 0.3) is 0 Å². The molecule has 0 radical (unpaired) electrons. The highest BCUT2D eigenvalue weighted by atomic mass is 16.7. The van der Waals surface area contributed by atoms with Crippen LogP contribution in [0.4, 0.5) is 0 Å². The first kappa shape index (κ1) is 78.0. The SMILES string of the molecule is COc1ccc(CNCC(=O)N(CC(=O)N(CCCCN)CC(=O)N(CCCCN)CC(=O)N(CC(=O)N(C)CC(=O)N(CC(=O)N(CC(=O)N(CC(N)=O)Cc2ccc3c(c2)OCO3)Cc2ccccc2)CC(C)C)[C@H](C)c2ccccc2)Cc2ccc(OC)c(OC)c2)cc1OC. The Morgan fingerprint density at radius 2 is 0.909 bits per heavy atom. The van der Waals surface area contributed by atoms with Crippen LogP contribution in [0.1, 0.15) is 80.3 Å². The molecule has 0 aromatic heterocycles. The normalized spacial score (nSPS) is 11.6. The van der Waals surface area contributed by atoms with Crippen LogP contribution in [0.25, 0.3) is 0 Å². The van der Waals surface area contributed by atoms with Crippen LogP contribution in [-0.2, 0) is 69.3 Å². The average molecular weight is 1370 g/mol. The Hall–Kier alpha value is -9.99. The fraction of sp³-hybridized carbons (Fsp3) is 0.458. The highest BCUT2D eigenvalue weighted by molar-refractivity contribution is 5.94. The molecule has 27 heteroatoms. The Balaban J connectivity index is 1.20. The van der Waals surface area contributed by atoms with Crippen LogP contribution in [0.5, 0.6) is 34.5 Å². The third kappa shape index (κ3) is 24.5. The lowest BCUT2D eigenvalue weighted by Crippen LogP contribution is -2.52. The van der Waals surface area contributed by atoms with E-state index in [1.165, 1.54) is 74.7 Å². The van der Waals surface area contributed by atoms with E-state index in [1.807, 2.05) is 32.0 Å². The number of hydrogen-bond donors (Lipinski definition) is 4. The van der Waals surface area contributed by atoms with Gasteiger partial charge in [0.15, 0.2) is 34.5 Å². The van der Waals surface area contributed by atoms with Gasteiger partial charge in [0.2, 0.25) is 60.0 Å². The van der Waals surface area contributed by atoms with Crippen molar-refractivity contribution in [2.24, 2.45) is 23.1 Å². The summed E-state index contributed by atoms with van der Waals surface area (Å²) in [5.41, 5.74) is 20.9. The summed E-state index contributed by atoms with van der Waals surface area (Å²) in [6.07, 6.45) is 1.82. The monoisotopic (exact) mass is 1370 g/mol. The van der Waals surface area contributed by atoms with Crippen LogP contribution < -0.4 is 50.9 Å². The van der Waals surface area contributed by atoms with Crippen molar-refractivity contribution in [1.82, 2.24) is 44.5 Å². The fourth-order valence-electron chi connectivity index (χ4n) is 11.1. The number of benzene rings is 5. The molecular formula is C72H98N12O15. The molecule has 6 rings (SSSR count). The van der Waals surface area contributed by atoms with Gasteiger partial charge in [-0.1, -0.05) is 92.7 Å². The van der Waals surface area contributed by atoms with Crippen LogP contribution >= 0.6 is 0 Å². The van der Waals surface area contributed by atoms with Crippen molar-refractivity contribution in [3.05, 3.63) is 143 Å². The number of likely N-dealkylation sites (N-methyl/N-ethyl adjacent to an activating group) is 1. The predicted octanol–water partition coefficient (Wildman–Crippen LogP) is 3.78. The first-order valence-electron chi connectivity index (χ1n) is 33.1. The molecule has 1 atom stereocenters. The number of rotatable bonds is 42. The maximum absolute atomic E-state index is 15.1. The van der Waals surface area contributed by atoms with Crippen molar-refractivity contribution in [2.75, 3.05) is 134 Å². The highest BCUT2D eigenvalue weighted by Gasteiger charge is 2.33. The highest BCUT2D eigenvalue weighted by Crippen LogP contribution is 2.33. The summed E-state index contributed by atoms with van der Waals surface area (Å²) < 4.78 is 32.8. The Bertz CT molecular complexity index is 3490. The number of carbonyl (C=O) groups excluding carboxylic acids is 9. The van der Waals surface area contributed by atoms with Gasteiger partial charge in [0, 0.05) is 52.9 Å². The van der Waals surface area contributed by atoms with Gasteiger partial charge in [-0.25, -0.2) is 0 Å². The van der Waals surface area contributed by atoms with Gasteiger partial charge in [-0.3, -0.25) is 43.2 Å². The average Bonchev–Trinajstić information content (AvgIpc) is 1.65. The number of nitrogens with two attached hydrogens (primary N) is 3. The largest absolute Gasteiger partial charge is 0.493 e. The summed E-state index contributed by atoms with van der Waals surface area (Å²) in [6.45, 7) is 2.48. The Kier molecular flexibility index (Phi) is 31.5. The molecule has 99 heavy (non-hydrogen) atoms. The van der Waals surface area contributed by atoms with Gasteiger partial charge in [-0.15, -0.1) is 0 Å². The minimum absolute atomic E-state index is 0.0231. The van der Waals surface area contributed by atoms with Crippen LogP contribution in [0.3, 0.4) is 0 Å². The van der Waals surface area contributed by atoms with Crippen LogP contribution in [0.15, 0.2) is 115 Å². The number of primary amides is 1. The molecule has 0 fully saturated rings. The van der Waals surface area contributed by atoms with Crippen molar-refractivity contribution in [3.63, 3.8) is 0 Å². The first-order chi connectivity index (χ1) is 47.6. The topological polar surface area (TPSA) is 325 Å². The standard InChI is InChI=1S/C72H98N12O15/c1-51(2)38-80(46-71(92)83(39-53-19-11-9-12-20-53)47-70(91)81(42-64(75)85)40-56-25-28-60-63(35-56)99-50-98-60)67(88)43-77(4)66(87)49-84(52(3)57-21-13-10-14-22-57)72(93)48-79(32-18-16-30-74)68(89)44-78(31-17-15-29-73)69(90)45-82(41-55-24-27-59(95-6)62(34-55)97-8)65(86)37-76-36-54-23-26-58(94-5)61(33-54)96-7/h9-14,19-28,33-35,51-52,76H,15-18,29-32,36-50,73-74H2,1-8H3,(H2,75,85)/t52-/m1/s1. The summed E-state index contributed by atoms with van der Waals surface area (Å²) in [5.74, 6) is -2.55. The van der Waals surface area contributed by atoms with E-state index in [0.717, 1.165) is 5.56 Å². The summed E-state index contributed by atoms with van der Waals surface area (Å²) in [4.78, 5) is 140. The molecule has 0 saturated heterocycles. The van der Waals surface area contributed by atoms with Crippen LogP contribution in [0, 0.1) is 5.92 Å². The second-order valence-electron chi connectivity index (χ2n) is 24.5. The van der Waals surface area contributed by atoms with Crippen molar-refractivity contribution in [3.8, 4) is 34.5 Å². The van der Waals surface area contributed by atoms with Crippen molar-refractivity contribution in [2.45, 2.75) is 78.7 Å². The molecule has 7 N–H and O–H groups in total. The zero-order valence-corrected chi connectivity index (χ0v) is 58.3. The molecule has 0 spiro atoms. The van der Waals surface area contributed by atoms with Gasteiger partial charge < -0.3 is 90.1 Å². The molecule has 1 aliphatic rings. The summed E-state index contributed by atoms with van der Waals surface area (Å²) in [5, 5.41) is 3.18. The molecule has 9 amide bonds. The molecule has 0 saturated carbocycles. The van der Waals surface area contributed by atoms with Crippen molar-refractivity contribution in [1.29, 1.82) is 0 Å². The number of ether oxygens (including phenoxy) is 6. The molecule has 27 nitrogen and oxygen atoms in total. The number of amides is 9. The first-order valence-corrected chi connectivity index (χ1v) is 33.1. The lowest BCUT2D eigenvalue weighted by atomic mass is 10.1. The number of nitrogens with zero attached hydrogens (tertiary/aromatic N) is 8. The van der Waals surface area contributed by atoms with E-state index >= 15 is 4.79 Å². The molecule has 536 valence electrons. The molecule has 5 aromatic rings. The number of methoxy groups -OCH3 is 4. The molecule has 1 heterocycles. The summed E-state index contributed by atoms with van der Waals surface area (Å²) >= 11 is 0. The van der Waals surface area contributed by atoms with E-state index in [-0.39, 0.29) is 65.1 Å². The predicted molar refractivity (Wildman–Crippen MR) is 371 cm³/mol. The Morgan fingerprint density at radius 1 is 0.455 bits per heavy atom. The van der Waals surface area contributed by atoms with E-state index in [2.05, 4.69) is 5.32 Å². The molecule has 0 unspecified atom stereocenters. The molecular weight excluding hydrogens is 1270 g/mol. The van der Waals surface area contributed by atoms with Gasteiger partial charge in [0.1, 0.15) is 19.6 Å². The second kappa shape index (κ2) is 40.0. The summed E-state index contributed by atoms with van der Waals surface area (Å²) in [6, 6.07) is 32.9. The summed E-state index contributed by atoms with van der Waals surface area (Å²) in [7, 11) is 7.47. The van der Waals surface area contributed by atoms with Crippen LogP contribution in [-0.4, -0.2) is 226 Å². The third-order valence-electron chi connectivity index (χ3n) is 16.5. The van der Waals surface area contributed by atoms with Gasteiger partial charge in [0.05, 0.1) is 73.7 Å². The van der Waals surface area contributed by atoms with Gasteiger partial charge in [-0.05, 0) is 116 Å². The number of carbonyl (C=O) groups is 9. The quantitative estimate of drug-likeness (QED) is 0.0404. The maximum atomic E-state index is 15.1. The zero-order valence-electron chi connectivity index (χ0n) is 58.3. The Labute approximate surface area is 580 Å². The van der Waals surface area contributed by atoms with Crippen LogP contribution in [0.2, 0.25) is 0 Å². The van der Waals surface area contributed by atoms with Crippen molar-refractivity contribution < 1.29 is 71.6 Å². The lowest BCUT2D eigenvalue weighted by Gasteiger charge is -2.34. The van der Waals surface area contributed by atoms with E-state index in [0.29, 0.717) is 95.5 Å². The van der Waals surface area contributed by atoms with Gasteiger partial charge >= 0.3 is 0 Å². The number of fused-ring (bicyclic) bond motifs is 1. The van der Waals surface area contributed by atoms with E-state index in [4.69, 9.17) is 45.6 Å². The molecule has 1 aliphatic heterocycles. The minimum Gasteiger partial charge on any atom is -0.493 e.